The Hall–Kier alpha value is -2.34. The highest BCUT2D eigenvalue weighted by Crippen LogP contribution is 2.32. The Bertz CT molecular complexity index is 750. The molecule has 1 aromatic heterocycles. The summed E-state index contributed by atoms with van der Waals surface area (Å²) < 4.78 is 14.2. The molecule has 3 rings (SSSR count). The third kappa shape index (κ3) is 4.02. The van der Waals surface area contributed by atoms with Gasteiger partial charge in [0.1, 0.15) is 5.82 Å². The van der Waals surface area contributed by atoms with Gasteiger partial charge in [-0.1, -0.05) is 12.1 Å². The van der Waals surface area contributed by atoms with Gasteiger partial charge in [-0.3, -0.25) is 14.8 Å². The summed E-state index contributed by atoms with van der Waals surface area (Å²) in [6, 6.07) is 6.62. The highest BCUT2D eigenvalue weighted by Gasteiger charge is 2.28. The largest absolute Gasteiger partial charge is 0.341 e. The third-order valence-corrected chi connectivity index (χ3v) is 4.47. The van der Waals surface area contributed by atoms with E-state index >= 15 is 0 Å². The second kappa shape index (κ2) is 7.70. The van der Waals surface area contributed by atoms with Crippen molar-refractivity contribution in [1.29, 1.82) is 0 Å². The van der Waals surface area contributed by atoms with Crippen LogP contribution in [0.1, 0.15) is 24.5 Å². The summed E-state index contributed by atoms with van der Waals surface area (Å²) in [6.45, 7) is 1.76. The number of likely N-dealkylation sites (tertiary alicyclic amines) is 1. The van der Waals surface area contributed by atoms with Crippen LogP contribution in [0.4, 0.5) is 4.39 Å². The number of carbonyl (C=O) groups is 1. The van der Waals surface area contributed by atoms with E-state index in [0.29, 0.717) is 24.3 Å². The van der Waals surface area contributed by atoms with E-state index in [2.05, 4.69) is 9.97 Å². The SMILES string of the molecule is CN(C)CC(=O)N1CCC[C@@H](c2nccnc2-c2ccccc2F)C1. The van der Waals surface area contributed by atoms with Crippen LogP contribution in [0.2, 0.25) is 0 Å². The van der Waals surface area contributed by atoms with Gasteiger partial charge in [0.05, 0.1) is 17.9 Å². The van der Waals surface area contributed by atoms with Crippen molar-refractivity contribution in [2.45, 2.75) is 18.8 Å². The number of carbonyl (C=O) groups excluding carboxylic acids is 1. The van der Waals surface area contributed by atoms with Crippen LogP contribution in [0.15, 0.2) is 36.7 Å². The maximum absolute atomic E-state index is 14.2. The third-order valence-electron chi connectivity index (χ3n) is 4.47. The maximum Gasteiger partial charge on any atom is 0.236 e. The quantitative estimate of drug-likeness (QED) is 0.857. The van der Waals surface area contributed by atoms with Gasteiger partial charge in [0.25, 0.3) is 0 Å². The molecule has 1 amide bonds. The fourth-order valence-electron chi connectivity index (χ4n) is 3.31. The molecule has 5 nitrogen and oxygen atoms in total. The predicted octanol–water partition coefficient (Wildman–Crippen LogP) is 2.55. The molecule has 1 aliphatic heterocycles. The summed E-state index contributed by atoms with van der Waals surface area (Å²) >= 11 is 0. The summed E-state index contributed by atoms with van der Waals surface area (Å²) in [6.07, 6.45) is 5.06. The van der Waals surface area contributed by atoms with Crippen molar-refractivity contribution in [1.82, 2.24) is 19.8 Å². The van der Waals surface area contributed by atoms with Gasteiger partial charge in [0.15, 0.2) is 0 Å². The van der Waals surface area contributed by atoms with Crippen LogP contribution in [0.5, 0.6) is 0 Å². The van der Waals surface area contributed by atoms with Gasteiger partial charge in [-0.25, -0.2) is 4.39 Å². The van der Waals surface area contributed by atoms with E-state index in [4.69, 9.17) is 0 Å². The molecular formula is C19H23FN4O. The Kier molecular flexibility index (Phi) is 5.38. The predicted molar refractivity (Wildman–Crippen MR) is 94.5 cm³/mol. The van der Waals surface area contributed by atoms with Crippen molar-refractivity contribution in [3.63, 3.8) is 0 Å². The molecule has 1 fully saturated rings. The molecule has 0 aliphatic carbocycles. The molecule has 2 heterocycles. The highest BCUT2D eigenvalue weighted by atomic mass is 19.1. The Morgan fingerprint density at radius 3 is 2.80 bits per heavy atom. The Morgan fingerprint density at radius 1 is 1.28 bits per heavy atom. The molecule has 1 atom stereocenters. The number of rotatable bonds is 4. The first-order valence-corrected chi connectivity index (χ1v) is 8.54. The number of amides is 1. The van der Waals surface area contributed by atoms with Crippen molar-refractivity contribution in [3.8, 4) is 11.3 Å². The minimum Gasteiger partial charge on any atom is -0.341 e. The van der Waals surface area contributed by atoms with Crippen LogP contribution in [-0.2, 0) is 4.79 Å². The van der Waals surface area contributed by atoms with E-state index < -0.39 is 0 Å². The van der Waals surface area contributed by atoms with Crippen LogP contribution in [0.25, 0.3) is 11.3 Å². The smallest absolute Gasteiger partial charge is 0.236 e. The number of likely N-dealkylation sites (N-methyl/N-ethyl adjacent to an activating group) is 1. The minimum atomic E-state index is -0.305. The zero-order valence-electron chi connectivity index (χ0n) is 14.7. The Morgan fingerprint density at radius 2 is 2.04 bits per heavy atom. The highest BCUT2D eigenvalue weighted by molar-refractivity contribution is 5.78. The lowest BCUT2D eigenvalue weighted by Gasteiger charge is -2.33. The number of piperidine rings is 1. The summed E-state index contributed by atoms with van der Waals surface area (Å²) in [4.78, 5) is 25.0. The summed E-state index contributed by atoms with van der Waals surface area (Å²) in [7, 11) is 3.77. The molecular weight excluding hydrogens is 319 g/mol. The number of hydrogen-bond donors (Lipinski definition) is 0. The van der Waals surface area contributed by atoms with E-state index in [1.165, 1.54) is 6.07 Å². The molecule has 0 spiro atoms. The molecule has 0 saturated carbocycles. The standard InChI is InChI=1S/C19H23FN4O/c1-23(2)13-17(25)24-11-5-6-14(12-24)18-19(22-10-9-21-18)15-7-3-4-8-16(15)20/h3-4,7-10,14H,5-6,11-13H2,1-2H3/t14-/m1/s1. The molecule has 0 N–H and O–H groups in total. The van der Waals surface area contributed by atoms with Gasteiger partial charge >= 0.3 is 0 Å². The second-order valence-corrected chi connectivity index (χ2v) is 6.69. The lowest BCUT2D eigenvalue weighted by Crippen LogP contribution is -2.43. The van der Waals surface area contributed by atoms with Crippen LogP contribution < -0.4 is 0 Å². The molecule has 6 heteroatoms. The Balaban J connectivity index is 1.87. The lowest BCUT2D eigenvalue weighted by molar-refractivity contribution is -0.133. The van der Waals surface area contributed by atoms with Gasteiger partial charge < -0.3 is 9.80 Å². The van der Waals surface area contributed by atoms with Crippen molar-refractivity contribution in [2.75, 3.05) is 33.7 Å². The first-order chi connectivity index (χ1) is 12.1. The zero-order chi connectivity index (χ0) is 17.8. The van der Waals surface area contributed by atoms with Crippen molar-refractivity contribution in [2.24, 2.45) is 0 Å². The van der Waals surface area contributed by atoms with Crippen LogP contribution >= 0.6 is 0 Å². The molecule has 0 unspecified atom stereocenters. The molecule has 0 bridgehead atoms. The number of hydrogen-bond acceptors (Lipinski definition) is 4. The molecule has 25 heavy (non-hydrogen) atoms. The van der Waals surface area contributed by atoms with Crippen molar-refractivity contribution >= 4 is 5.91 Å². The van der Waals surface area contributed by atoms with Gasteiger partial charge in [-0.05, 0) is 39.1 Å². The summed E-state index contributed by atoms with van der Waals surface area (Å²) in [5.74, 6) is -0.116. The normalized spacial score (nSPS) is 17.8. The molecule has 2 aromatic rings. The first kappa shape index (κ1) is 17.5. The monoisotopic (exact) mass is 342 g/mol. The zero-order valence-corrected chi connectivity index (χ0v) is 14.7. The average molecular weight is 342 g/mol. The number of aromatic nitrogens is 2. The Labute approximate surface area is 147 Å². The van der Waals surface area contributed by atoms with Gasteiger partial charge in [-0.15, -0.1) is 0 Å². The molecule has 0 radical (unpaired) electrons. The van der Waals surface area contributed by atoms with Crippen molar-refractivity contribution in [3.05, 3.63) is 48.2 Å². The fourth-order valence-corrected chi connectivity index (χ4v) is 3.31. The van der Waals surface area contributed by atoms with E-state index in [1.54, 1.807) is 30.6 Å². The second-order valence-electron chi connectivity index (χ2n) is 6.69. The van der Waals surface area contributed by atoms with Gasteiger partial charge in [-0.2, -0.15) is 0 Å². The van der Waals surface area contributed by atoms with Crippen LogP contribution in [-0.4, -0.2) is 59.4 Å². The van der Waals surface area contributed by atoms with E-state index in [1.807, 2.05) is 23.9 Å². The van der Waals surface area contributed by atoms with E-state index in [9.17, 15) is 9.18 Å². The van der Waals surface area contributed by atoms with Crippen LogP contribution in [0.3, 0.4) is 0 Å². The van der Waals surface area contributed by atoms with E-state index in [0.717, 1.165) is 25.1 Å². The average Bonchev–Trinajstić information content (AvgIpc) is 2.62. The molecule has 1 aromatic carbocycles. The van der Waals surface area contributed by atoms with Crippen molar-refractivity contribution < 1.29 is 9.18 Å². The van der Waals surface area contributed by atoms with Gasteiger partial charge in [0, 0.05) is 37.0 Å². The number of halogens is 1. The number of benzene rings is 1. The maximum atomic E-state index is 14.2. The summed E-state index contributed by atoms with van der Waals surface area (Å²) in [5.41, 5.74) is 1.81. The summed E-state index contributed by atoms with van der Waals surface area (Å²) in [5, 5.41) is 0. The molecule has 132 valence electrons. The molecule has 1 aliphatic rings. The lowest BCUT2D eigenvalue weighted by atomic mass is 9.91. The topological polar surface area (TPSA) is 49.3 Å². The minimum absolute atomic E-state index is 0.0724. The number of nitrogens with zero attached hydrogens (tertiary/aromatic N) is 4. The first-order valence-electron chi connectivity index (χ1n) is 8.54. The molecule has 1 saturated heterocycles. The van der Waals surface area contributed by atoms with Crippen LogP contribution in [0, 0.1) is 5.82 Å². The van der Waals surface area contributed by atoms with E-state index in [-0.39, 0.29) is 17.6 Å². The van der Waals surface area contributed by atoms with Gasteiger partial charge in [0.2, 0.25) is 5.91 Å². The fraction of sp³-hybridized carbons (Fsp3) is 0.421.